The van der Waals surface area contributed by atoms with E-state index in [0.29, 0.717) is 33.9 Å². The first-order valence-corrected chi connectivity index (χ1v) is 8.65. The largest absolute Gasteiger partial charge is 0.550 e. The summed E-state index contributed by atoms with van der Waals surface area (Å²) in [4.78, 5) is 15.6. The first-order chi connectivity index (χ1) is 14.0. The normalized spacial score (nSPS) is 11.2. The van der Waals surface area contributed by atoms with E-state index in [-0.39, 0.29) is 11.7 Å². The van der Waals surface area contributed by atoms with Crippen molar-refractivity contribution in [3.05, 3.63) is 53.9 Å². The summed E-state index contributed by atoms with van der Waals surface area (Å²) >= 11 is 0. The molecule has 3 aromatic rings. The lowest BCUT2D eigenvalue weighted by molar-refractivity contribution is -0.304. The van der Waals surface area contributed by atoms with Crippen LogP contribution in [0.25, 0.3) is 23.0 Å². The molecule has 0 atom stereocenters. The van der Waals surface area contributed by atoms with Crippen LogP contribution in [0.5, 0.6) is 17.2 Å². The lowest BCUT2D eigenvalue weighted by atomic mass is 10.1. The smallest absolute Gasteiger partial charge is 0.254 e. The Morgan fingerprint density at radius 3 is 2.45 bits per heavy atom. The van der Waals surface area contributed by atoms with Gasteiger partial charge in [0.15, 0.2) is 11.5 Å². The molecule has 0 N–H and O–H groups in total. The molecule has 8 nitrogen and oxygen atoms in total. The van der Waals surface area contributed by atoms with Crippen LogP contribution in [0.15, 0.2) is 47.0 Å². The van der Waals surface area contributed by atoms with Gasteiger partial charge in [0.1, 0.15) is 5.75 Å². The van der Waals surface area contributed by atoms with Gasteiger partial charge in [0.25, 0.3) is 5.89 Å². The third-order valence-corrected chi connectivity index (χ3v) is 4.15. The SMILES string of the molecule is COc1ccccc1/C=C(\CC(=O)[O-])c1nc(-c2ccc(OC)c(OC)c2)no1. The number of benzene rings is 2. The number of aromatic nitrogens is 2. The zero-order chi connectivity index (χ0) is 20.8. The zero-order valence-electron chi connectivity index (χ0n) is 16.2. The summed E-state index contributed by atoms with van der Waals surface area (Å²) in [6, 6.07) is 12.4. The molecule has 0 aliphatic heterocycles. The van der Waals surface area contributed by atoms with E-state index in [0.717, 1.165) is 0 Å². The first-order valence-electron chi connectivity index (χ1n) is 8.65. The molecule has 0 amide bonds. The summed E-state index contributed by atoms with van der Waals surface area (Å²) in [7, 11) is 4.60. The van der Waals surface area contributed by atoms with Crippen LogP contribution in [0.4, 0.5) is 0 Å². The molecule has 1 aromatic heterocycles. The molecule has 150 valence electrons. The monoisotopic (exact) mass is 395 g/mol. The summed E-state index contributed by atoms with van der Waals surface area (Å²) in [6.07, 6.45) is 1.23. The first kappa shape index (κ1) is 19.9. The van der Waals surface area contributed by atoms with Gasteiger partial charge in [0, 0.05) is 29.1 Å². The Hall–Kier alpha value is -3.81. The van der Waals surface area contributed by atoms with E-state index in [1.165, 1.54) is 14.2 Å². The molecule has 0 saturated heterocycles. The van der Waals surface area contributed by atoms with Crippen molar-refractivity contribution in [1.82, 2.24) is 10.1 Å². The lowest BCUT2D eigenvalue weighted by Crippen LogP contribution is -2.22. The van der Waals surface area contributed by atoms with Crippen molar-refractivity contribution in [2.75, 3.05) is 21.3 Å². The lowest BCUT2D eigenvalue weighted by Gasteiger charge is -2.08. The van der Waals surface area contributed by atoms with E-state index in [4.69, 9.17) is 18.7 Å². The van der Waals surface area contributed by atoms with Crippen LogP contribution in [0, 0.1) is 0 Å². The number of carbonyl (C=O) groups excluding carboxylic acids is 1. The molecule has 0 fully saturated rings. The highest BCUT2D eigenvalue weighted by Crippen LogP contribution is 2.32. The molecule has 0 saturated carbocycles. The molecule has 3 rings (SSSR count). The van der Waals surface area contributed by atoms with Crippen molar-refractivity contribution in [3.8, 4) is 28.6 Å². The number of aliphatic carboxylic acids is 1. The minimum atomic E-state index is -1.27. The van der Waals surface area contributed by atoms with E-state index in [1.54, 1.807) is 43.5 Å². The Bertz CT molecular complexity index is 1040. The minimum absolute atomic E-state index is 0.0740. The Labute approximate surface area is 167 Å². The van der Waals surface area contributed by atoms with Crippen molar-refractivity contribution in [1.29, 1.82) is 0 Å². The molecule has 1 heterocycles. The Morgan fingerprint density at radius 2 is 1.76 bits per heavy atom. The van der Waals surface area contributed by atoms with E-state index < -0.39 is 12.4 Å². The topological polar surface area (TPSA) is 107 Å². The number of ether oxygens (including phenoxy) is 3. The van der Waals surface area contributed by atoms with Gasteiger partial charge in [-0.1, -0.05) is 23.4 Å². The number of carbonyl (C=O) groups is 1. The van der Waals surface area contributed by atoms with Crippen LogP contribution in [0.1, 0.15) is 17.9 Å². The molecule has 0 unspecified atom stereocenters. The highest BCUT2D eigenvalue weighted by molar-refractivity contribution is 5.89. The maximum absolute atomic E-state index is 11.3. The van der Waals surface area contributed by atoms with Gasteiger partial charge in [0.2, 0.25) is 5.82 Å². The van der Waals surface area contributed by atoms with Crippen LogP contribution < -0.4 is 19.3 Å². The molecule has 0 radical (unpaired) electrons. The molecular weight excluding hydrogens is 376 g/mol. The Kier molecular flexibility index (Phi) is 6.13. The van der Waals surface area contributed by atoms with Gasteiger partial charge in [-0.15, -0.1) is 0 Å². The van der Waals surface area contributed by atoms with Gasteiger partial charge in [0.05, 0.1) is 21.3 Å². The van der Waals surface area contributed by atoms with Crippen LogP contribution >= 0.6 is 0 Å². The number of carboxylic acid groups (broad SMARTS) is 1. The van der Waals surface area contributed by atoms with Gasteiger partial charge < -0.3 is 28.6 Å². The van der Waals surface area contributed by atoms with Crippen molar-refractivity contribution >= 4 is 17.6 Å². The van der Waals surface area contributed by atoms with Gasteiger partial charge in [-0.25, -0.2) is 0 Å². The maximum atomic E-state index is 11.3. The fourth-order valence-electron chi connectivity index (χ4n) is 2.76. The molecule has 0 aliphatic carbocycles. The number of nitrogens with zero attached hydrogens (tertiary/aromatic N) is 2. The van der Waals surface area contributed by atoms with Crippen molar-refractivity contribution < 1.29 is 28.6 Å². The van der Waals surface area contributed by atoms with Crippen LogP contribution in [0.2, 0.25) is 0 Å². The summed E-state index contributed by atoms with van der Waals surface area (Å²) in [6.45, 7) is 0. The number of methoxy groups -OCH3 is 3. The van der Waals surface area contributed by atoms with E-state index in [2.05, 4.69) is 10.1 Å². The van der Waals surface area contributed by atoms with E-state index >= 15 is 0 Å². The van der Waals surface area contributed by atoms with Gasteiger partial charge >= 0.3 is 0 Å². The second-order valence-electron chi connectivity index (χ2n) is 5.95. The molecule has 8 heteroatoms. The highest BCUT2D eigenvalue weighted by Gasteiger charge is 2.16. The second kappa shape index (κ2) is 8.92. The number of hydrogen-bond acceptors (Lipinski definition) is 8. The molecule has 29 heavy (non-hydrogen) atoms. The van der Waals surface area contributed by atoms with Gasteiger partial charge in [-0.3, -0.25) is 0 Å². The number of hydrogen-bond donors (Lipinski definition) is 0. The van der Waals surface area contributed by atoms with E-state index in [9.17, 15) is 9.90 Å². The fraction of sp³-hybridized carbons (Fsp3) is 0.190. The fourth-order valence-corrected chi connectivity index (χ4v) is 2.76. The van der Waals surface area contributed by atoms with Gasteiger partial charge in [-0.05, 0) is 30.3 Å². The Morgan fingerprint density at radius 1 is 1.03 bits per heavy atom. The molecular formula is C21H19N2O6-. The maximum Gasteiger partial charge on any atom is 0.254 e. The number of rotatable bonds is 8. The van der Waals surface area contributed by atoms with Crippen LogP contribution in [-0.4, -0.2) is 37.4 Å². The van der Waals surface area contributed by atoms with Crippen molar-refractivity contribution in [2.45, 2.75) is 6.42 Å². The molecule has 0 spiro atoms. The van der Waals surface area contributed by atoms with Crippen LogP contribution in [-0.2, 0) is 4.79 Å². The number of carboxylic acids is 1. The standard InChI is InChI=1S/C21H20N2O6/c1-26-16-7-5-4-6-13(16)10-15(12-19(24)25)21-22-20(23-29-21)14-8-9-17(27-2)18(11-14)28-3/h4-11H,12H2,1-3H3,(H,24,25)/p-1/b15-10+. The predicted octanol–water partition coefficient (Wildman–Crippen LogP) is 2.44. The van der Waals surface area contributed by atoms with E-state index in [1.807, 2.05) is 12.1 Å². The summed E-state index contributed by atoms with van der Waals surface area (Å²) in [5.41, 5.74) is 1.61. The zero-order valence-corrected chi connectivity index (χ0v) is 16.2. The average molecular weight is 395 g/mol. The minimum Gasteiger partial charge on any atom is -0.550 e. The third-order valence-electron chi connectivity index (χ3n) is 4.15. The molecule has 2 aromatic carbocycles. The van der Waals surface area contributed by atoms with Crippen molar-refractivity contribution in [2.24, 2.45) is 0 Å². The predicted molar refractivity (Wildman–Crippen MR) is 103 cm³/mol. The van der Waals surface area contributed by atoms with Gasteiger partial charge in [-0.2, -0.15) is 4.98 Å². The molecule has 0 aliphatic rings. The average Bonchev–Trinajstić information content (AvgIpc) is 3.23. The summed E-state index contributed by atoms with van der Waals surface area (Å²) < 4.78 is 21.1. The third kappa shape index (κ3) is 4.55. The second-order valence-corrected chi connectivity index (χ2v) is 5.95. The Balaban J connectivity index is 2.00. The summed E-state index contributed by atoms with van der Waals surface area (Å²) in [5, 5.41) is 15.2. The summed E-state index contributed by atoms with van der Waals surface area (Å²) in [5.74, 6) is 0.750. The quantitative estimate of drug-likeness (QED) is 0.572. The van der Waals surface area contributed by atoms with Crippen LogP contribution in [0.3, 0.4) is 0 Å². The molecule has 0 bridgehead atoms. The van der Waals surface area contributed by atoms with Crippen molar-refractivity contribution in [3.63, 3.8) is 0 Å². The highest BCUT2D eigenvalue weighted by atomic mass is 16.5. The number of para-hydroxylation sites is 1.